The third-order valence-electron chi connectivity index (χ3n) is 2.51. The van der Waals surface area contributed by atoms with Crippen molar-refractivity contribution in [3.05, 3.63) is 12.0 Å². The zero-order valence-corrected chi connectivity index (χ0v) is 10.4. The van der Waals surface area contributed by atoms with Crippen molar-refractivity contribution in [2.45, 2.75) is 13.3 Å². The van der Waals surface area contributed by atoms with E-state index >= 15 is 0 Å². The van der Waals surface area contributed by atoms with E-state index < -0.39 is 17.6 Å². The van der Waals surface area contributed by atoms with E-state index in [2.05, 4.69) is 20.6 Å². The summed E-state index contributed by atoms with van der Waals surface area (Å²) >= 11 is 0. The van der Waals surface area contributed by atoms with E-state index in [0.29, 0.717) is 6.54 Å². The third-order valence-corrected chi connectivity index (χ3v) is 2.51. The van der Waals surface area contributed by atoms with E-state index in [1.54, 1.807) is 0 Å². The number of aromatic nitrogens is 2. The van der Waals surface area contributed by atoms with Gasteiger partial charge in [0, 0.05) is 6.54 Å². The molecule has 2 N–H and O–H groups in total. The Hall–Kier alpha value is -2.25. The molecule has 2 heterocycles. The number of nitrogens with one attached hydrogen (secondary N) is 2. The fourth-order valence-electron chi connectivity index (χ4n) is 1.69. The molecule has 1 saturated heterocycles. The third kappa shape index (κ3) is 3.15. The molecule has 1 aliphatic rings. The maximum absolute atomic E-state index is 13.7. The number of amides is 2. The van der Waals surface area contributed by atoms with E-state index in [9.17, 15) is 14.0 Å². The Morgan fingerprint density at radius 1 is 1.42 bits per heavy atom. The van der Waals surface area contributed by atoms with Crippen molar-refractivity contribution in [3.8, 4) is 0 Å². The van der Waals surface area contributed by atoms with Gasteiger partial charge in [0.1, 0.15) is 0 Å². The highest BCUT2D eigenvalue weighted by molar-refractivity contribution is 6.02. The number of nitrogens with zero attached hydrogens (tertiary/aromatic N) is 3. The Kier molecular flexibility index (Phi) is 3.88. The van der Waals surface area contributed by atoms with Gasteiger partial charge in [-0.15, -0.1) is 0 Å². The molecule has 2 rings (SSSR count). The second kappa shape index (κ2) is 5.59. The smallest absolute Gasteiger partial charge is 0.246 e. The summed E-state index contributed by atoms with van der Waals surface area (Å²) in [5.41, 5.74) is 0. The Morgan fingerprint density at radius 2 is 2.11 bits per heavy atom. The molecule has 0 bridgehead atoms. The lowest BCUT2D eigenvalue weighted by molar-refractivity contribution is -0.130. The van der Waals surface area contributed by atoms with Gasteiger partial charge in [0.05, 0.1) is 19.3 Å². The number of piperazine rings is 1. The van der Waals surface area contributed by atoms with Crippen LogP contribution in [0.2, 0.25) is 0 Å². The van der Waals surface area contributed by atoms with Crippen molar-refractivity contribution in [1.29, 1.82) is 0 Å². The van der Waals surface area contributed by atoms with Crippen molar-refractivity contribution in [2.75, 3.05) is 29.9 Å². The van der Waals surface area contributed by atoms with Crippen molar-refractivity contribution in [3.63, 3.8) is 0 Å². The molecule has 0 spiro atoms. The predicted molar refractivity (Wildman–Crippen MR) is 66.1 cm³/mol. The fraction of sp³-hybridized carbons (Fsp3) is 0.455. The Labute approximate surface area is 109 Å². The largest absolute Gasteiger partial charge is 0.354 e. The zero-order chi connectivity index (χ0) is 13.8. The first-order chi connectivity index (χ1) is 9.10. The van der Waals surface area contributed by atoms with Gasteiger partial charge in [-0.05, 0) is 6.42 Å². The van der Waals surface area contributed by atoms with Crippen LogP contribution in [0.1, 0.15) is 13.3 Å². The summed E-state index contributed by atoms with van der Waals surface area (Å²) in [5.74, 6) is -1.38. The number of halogens is 1. The van der Waals surface area contributed by atoms with E-state index in [1.807, 2.05) is 6.92 Å². The van der Waals surface area contributed by atoms with Gasteiger partial charge in [-0.1, -0.05) is 6.92 Å². The second-order valence-electron chi connectivity index (χ2n) is 4.12. The molecular formula is C11H14FN5O2. The van der Waals surface area contributed by atoms with Crippen LogP contribution >= 0.6 is 0 Å². The summed E-state index contributed by atoms with van der Waals surface area (Å²) in [6, 6.07) is 0. The van der Waals surface area contributed by atoms with Gasteiger partial charge in [-0.2, -0.15) is 4.98 Å². The molecule has 102 valence electrons. The highest BCUT2D eigenvalue weighted by Crippen LogP contribution is 2.18. The number of carbonyl (C=O) groups excluding carboxylic acids is 2. The van der Waals surface area contributed by atoms with Crippen molar-refractivity contribution < 1.29 is 14.0 Å². The van der Waals surface area contributed by atoms with Crippen LogP contribution in [0.15, 0.2) is 6.20 Å². The molecule has 1 fully saturated rings. The quantitative estimate of drug-likeness (QED) is 0.741. The summed E-state index contributed by atoms with van der Waals surface area (Å²) in [6.45, 7) is 2.43. The first kappa shape index (κ1) is 13.2. The minimum atomic E-state index is -0.662. The molecule has 0 saturated carbocycles. The van der Waals surface area contributed by atoms with Crippen LogP contribution < -0.4 is 15.5 Å². The van der Waals surface area contributed by atoms with Gasteiger partial charge in [0.2, 0.25) is 17.8 Å². The van der Waals surface area contributed by atoms with E-state index in [0.717, 1.165) is 12.6 Å². The van der Waals surface area contributed by atoms with Crippen LogP contribution in [0.25, 0.3) is 0 Å². The lowest BCUT2D eigenvalue weighted by Gasteiger charge is -2.26. The highest BCUT2D eigenvalue weighted by atomic mass is 19.1. The van der Waals surface area contributed by atoms with Gasteiger partial charge < -0.3 is 10.2 Å². The summed E-state index contributed by atoms with van der Waals surface area (Å²) < 4.78 is 13.7. The standard InChI is InChI=1S/C11H14FN5O2/c1-2-3-13-11-14-4-7(12)10(16-11)17-5-8(18)15-9(19)6-17/h4H,2-3,5-6H2,1H3,(H,13,14,16)(H,15,18,19). The van der Waals surface area contributed by atoms with Crippen LogP contribution in [0.5, 0.6) is 0 Å². The van der Waals surface area contributed by atoms with E-state index in [1.165, 1.54) is 4.90 Å². The van der Waals surface area contributed by atoms with Crippen LogP contribution in [0.4, 0.5) is 16.2 Å². The lowest BCUT2D eigenvalue weighted by atomic mass is 10.3. The maximum Gasteiger partial charge on any atom is 0.246 e. The molecule has 0 unspecified atom stereocenters. The average molecular weight is 267 g/mol. The topological polar surface area (TPSA) is 87.2 Å². The van der Waals surface area contributed by atoms with E-state index in [-0.39, 0.29) is 24.9 Å². The molecular weight excluding hydrogens is 253 g/mol. The molecule has 1 aromatic rings. The number of rotatable bonds is 4. The monoisotopic (exact) mass is 267 g/mol. The minimum Gasteiger partial charge on any atom is -0.354 e. The van der Waals surface area contributed by atoms with Gasteiger partial charge >= 0.3 is 0 Å². The molecule has 7 nitrogen and oxygen atoms in total. The molecule has 0 aromatic carbocycles. The number of hydrogen-bond donors (Lipinski definition) is 2. The SMILES string of the molecule is CCCNc1ncc(F)c(N2CC(=O)NC(=O)C2)n1. The predicted octanol–water partition coefficient (Wildman–Crippen LogP) is -0.0996. The summed E-state index contributed by atoms with van der Waals surface area (Å²) in [5, 5.41) is 5.07. The molecule has 0 radical (unpaired) electrons. The maximum atomic E-state index is 13.7. The molecule has 19 heavy (non-hydrogen) atoms. The summed E-state index contributed by atoms with van der Waals surface area (Å²) in [6.07, 6.45) is 1.90. The second-order valence-corrected chi connectivity index (χ2v) is 4.12. The van der Waals surface area contributed by atoms with Crippen molar-refractivity contribution in [1.82, 2.24) is 15.3 Å². The lowest BCUT2D eigenvalue weighted by Crippen LogP contribution is -2.52. The van der Waals surface area contributed by atoms with Gasteiger partial charge in [0.15, 0.2) is 11.6 Å². The van der Waals surface area contributed by atoms with Crippen LogP contribution in [0, 0.1) is 5.82 Å². The number of carbonyl (C=O) groups is 2. The minimum absolute atomic E-state index is 0.0446. The normalized spacial score (nSPS) is 15.4. The molecule has 1 aromatic heterocycles. The van der Waals surface area contributed by atoms with Crippen LogP contribution in [-0.2, 0) is 9.59 Å². The fourth-order valence-corrected chi connectivity index (χ4v) is 1.69. The van der Waals surface area contributed by atoms with Crippen LogP contribution in [-0.4, -0.2) is 41.4 Å². The van der Waals surface area contributed by atoms with Gasteiger partial charge in [0.25, 0.3) is 0 Å². The Balaban J connectivity index is 2.22. The van der Waals surface area contributed by atoms with Gasteiger partial charge in [-0.3, -0.25) is 14.9 Å². The highest BCUT2D eigenvalue weighted by Gasteiger charge is 2.26. The molecule has 2 amide bonds. The molecule has 0 atom stereocenters. The number of anilines is 2. The Bertz CT molecular complexity index is 492. The van der Waals surface area contributed by atoms with Crippen LogP contribution in [0.3, 0.4) is 0 Å². The zero-order valence-electron chi connectivity index (χ0n) is 10.4. The molecule has 8 heteroatoms. The molecule has 1 aliphatic heterocycles. The summed E-state index contributed by atoms with van der Waals surface area (Å²) in [4.78, 5) is 31.6. The number of hydrogen-bond acceptors (Lipinski definition) is 6. The first-order valence-corrected chi connectivity index (χ1v) is 5.94. The number of imide groups is 1. The average Bonchev–Trinajstić information content (AvgIpc) is 2.36. The Morgan fingerprint density at radius 3 is 2.74 bits per heavy atom. The summed E-state index contributed by atoms with van der Waals surface area (Å²) in [7, 11) is 0. The van der Waals surface area contributed by atoms with Crippen molar-refractivity contribution in [2.24, 2.45) is 0 Å². The first-order valence-electron chi connectivity index (χ1n) is 5.94. The van der Waals surface area contributed by atoms with Crippen molar-refractivity contribution >= 4 is 23.6 Å². The van der Waals surface area contributed by atoms with E-state index in [4.69, 9.17) is 0 Å². The van der Waals surface area contributed by atoms with Gasteiger partial charge in [-0.25, -0.2) is 9.37 Å². The molecule has 0 aliphatic carbocycles.